The highest BCUT2D eigenvalue weighted by Gasteiger charge is 2.24. The number of aliphatic hydroxyl groups excluding tert-OH is 1. The molecule has 1 fully saturated rings. The molecule has 1 unspecified atom stereocenters. The smallest absolute Gasteiger partial charge is 0.126 e. The molecule has 6 heteroatoms. The normalized spacial score (nSPS) is 24.1. The topological polar surface area (TPSA) is 72.0 Å². The highest BCUT2D eigenvalue weighted by atomic mass is 79.9. The number of halogens is 1. The SMILES string of the molecule is C=CC(C=N)/C(Br)=N\N(CN=C(C)C)C1CCC(O)CC1. The zero-order valence-electron chi connectivity index (χ0n) is 12.8. The zero-order chi connectivity index (χ0) is 15.8. The summed E-state index contributed by atoms with van der Waals surface area (Å²) in [6.45, 7) is 8.14. The van der Waals surface area contributed by atoms with Gasteiger partial charge < -0.3 is 10.5 Å². The van der Waals surface area contributed by atoms with E-state index in [-0.39, 0.29) is 18.1 Å². The number of hydrazone groups is 1. The molecular formula is C15H25BrN4O. The lowest BCUT2D eigenvalue weighted by Gasteiger charge is -2.33. The second-order valence-corrected chi connectivity index (χ2v) is 6.31. The summed E-state index contributed by atoms with van der Waals surface area (Å²) in [6, 6.07) is 0.278. The Morgan fingerprint density at radius 1 is 1.43 bits per heavy atom. The van der Waals surface area contributed by atoms with Crippen molar-refractivity contribution in [1.29, 1.82) is 5.41 Å². The van der Waals surface area contributed by atoms with Crippen LogP contribution in [-0.2, 0) is 0 Å². The van der Waals surface area contributed by atoms with Crippen molar-refractivity contribution in [2.24, 2.45) is 16.0 Å². The molecule has 118 valence electrons. The average Bonchev–Trinajstić information content (AvgIpc) is 2.45. The molecule has 0 aromatic carbocycles. The van der Waals surface area contributed by atoms with E-state index in [4.69, 9.17) is 5.41 Å². The summed E-state index contributed by atoms with van der Waals surface area (Å²) in [5, 5.41) is 23.6. The van der Waals surface area contributed by atoms with E-state index >= 15 is 0 Å². The monoisotopic (exact) mass is 356 g/mol. The number of hydrogen-bond donors (Lipinski definition) is 2. The maximum atomic E-state index is 9.64. The van der Waals surface area contributed by atoms with Gasteiger partial charge >= 0.3 is 0 Å². The fraction of sp³-hybridized carbons (Fsp3) is 0.667. The van der Waals surface area contributed by atoms with Gasteiger partial charge in [0.05, 0.1) is 12.0 Å². The molecule has 0 heterocycles. The number of aliphatic imine (C=N–C) groups is 1. The van der Waals surface area contributed by atoms with Crippen molar-refractivity contribution in [2.45, 2.75) is 51.7 Å². The second kappa shape index (κ2) is 9.10. The first-order chi connectivity index (χ1) is 9.97. The first kappa shape index (κ1) is 18.0. The largest absolute Gasteiger partial charge is 0.393 e. The van der Waals surface area contributed by atoms with Gasteiger partial charge in [0.2, 0.25) is 0 Å². The Kier molecular flexibility index (Phi) is 7.82. The van der Waals surface area contributed by atoms with Gasteiger partial charge in [-0.2, -0.15) is 5.10 Å². The molecule has 0 aliphatic heterocycles. The van der Waals surface area contributed by atoms with Crippen LogP contribution < -0.4 is 0 Å². The van der Waals surface area contributed by atoms with Crippen LogP contribution in [-0.4, -0.2) is 45.5 Å². The molecule has 0 spiro atoms. The van der Waals surface area contributed by atoms with Crippen LogP contribution in [0, 0.1) is 11.3 Å². The molecule has 0 aromatic heterocycles. The Morgan fingerprint density at radius 2 is 2.05 bits per heavy atom. The Morgan fingerprint density at radius 3 is 2.52 bits per heavy atom. The van der Waals surface area contributed by atoms with Crippen LogP contribution in [0.4, 0.5) is 0 Å². The van der Waals surface area contributed by atoms with Gasteiger partial charge in [0.1, 0.15) is 11.3 Å². The maximum Gasteiger partial charge on any atom is 0.126 e. The predicted molar refractivity (Wildman–Crippen MR) is 92.6 cm³/mol. The van der Waals surface area contributed by atoms with Crippen molar-refractivity contribution in [3.05, 3.63) is 12.7 Å². The minimum atomic E-state index is -0.214. The standard InChI is InChI=1S/C15H25BrN4O/c1-4-12(9-17)15(16)19-20(10-18-11(2)3)13-5-7-14(21)8-6-13/h4,9,12-14,17,21H,1,5-8,10H2,2-3H3/b17-9?,19-15+. The molecule has 1 saturated carbocycles. The van der Waals surface area contributed by atoms with Crippen LogP contribution in [0.15, 0.2) is 22.7 Å². The van der Waals surface area contributed by atoms with Crippen molar-refractivity contribution in [3.8, 4) is 0 Å². The first-order valence-electron chi connectivity index (χ1n) is 7.27. The molecule has 5 nitrogen and oxygen atoms in total. The lowest BCUT2D eigenvalue weighted by Crippen LogP contribution is -2.37. The van der Waals surface area contributed by atoms with Crippen LogP contribution >= 0.6 is 15.9 Å². The van der Waals surface area contributed by atoms with Crippen LogP contribution in [0.1, 0.15) is 39.5 Å². The second-order valence-electron chi connectivity index (χ2n) is 5.50. The van der Waals surface area contributed by atoms with Crippen LogP contribution in [0.5, 0.6) is 0 Å². The molecule has 0 radical (unpaired) electrons. The van der Waals surface area contributed by atoms with Gasteiger partial charge in [-0.25, -0.2) is 0 Å². The molecule has 1 atom stereocenters. The Balaban J connectivity index is 2.85. The highest BCUT2D eigenvalue weighted by molar-refractivity contribution is 9.18. The third kappa shape index (κ3) is 6.09. The quantitative estimate of drug-likeness (QED) is 0.417. The summed E-state index contributed by atoms with van der Waals surface area (Å²) in [6.07, 6.45) is 6.22. The Hall–Kier alpha value is -1.01. The molecular weight excluding hydrogens is 332 g/mol. The van der Waals surface area contributed by atoms with Crippen molar-refractivity contribution in [2.75, 3.05) is 6.67 Å². The van der Waals surface area contributed by atoms with Crippen LogP contribution in [0.3, 0.4) is 0 Å². The average molecular weight is 357 g/mol. The van der Waals surface area contributed by atoms with E-state index in [1.54, 1.807) is 6.08 Å². The number of rotatable bonds is 7. The van der Waals surface area contributed by atoms with Crippen molar-refractivity contribution >= 4 is 32.5 Å². The van der Waals surface area contributed by atoms with Crippen LogP contribution in [0.25, 0.3) is 0 Å². The Bertz CT molecular complexity index is 402. The van der Waals surface area contributed by atoms with Gasteiger partial charge in [-0.05, 0) is 55.5 Å². The molecule has 0 aromatic rings. The van der Waals surface area contributed by atoms with E-state index in [0.717, 1.165) is 31.4 Å². The summed E-state index contributed by atoms with van der Waals surface area (Å²) >= 11 is 3.44. The van der Waals surface area contributed by atoms with Crippen LogP contribution in [0.2, 0.25) is 0 Å². The third-order valence-electron chi connectivity index (χ3n) is 3.55. The predicted octanol–water partition coefficient (Wildman–Crippen LogP) is 3.19. The molecule has 1 aliphatic rings. The van der Waals surface area contributed by atoms with Crippen molar-refractivity contribution < 1.29 is 5.11 Å². The number of hydrogen-bond acceptors (Lipinski definition) is 5. The highest BCUT2D eigenvalue weighted by Crippen LogP contribution is 2.24. The summed E-state index contributed by atoms with van der Waals surface area (Å²) < 4.78 is 0.669. The van der Waals surface area contributed by atoms with Gasteiger partial charge in [0.25, 0.3) is 0 Å². The van der Waals surface area contributed by atoms with Gasteiger partial charge in [-0.3, -0.25) is 10.0 Å². The lowest BCUT2D eigenvalue weighted by atomic mass is 9.93. The summed E-state index contributed by atoms with van der Waals surface area (Å²) in [5.41, 5.74) is 1.01. The van der Waals surface area contributed by atoms with E-state index in [2.05, 4.69) is 32.6 Å². The molecule has 1 aliphatic carbocycles. The molecule has 0 amide bonds. The lowest BCUT2D eigenvalue weighted by molar-refractivity contribution is 0.0765. The summed E-state index contributed by atoms with van der Waals surface area (Å²) in [5.74, 6) is -0.214. The molecule has 21 heavy (non-hydrogen) atoms. The fourth-order valence-corrected chi connectivity index (χ4v) is 2.75. The zero-order valence-corrected chi connectivity index (χ0v) is 14.4. The Labute approximate surface area is 135 Å². The van der Waals surface area contributed by atoms with Crippen molar-refractivity contribution in [1.82, 2.24) is 5.01 Å². The summed E-state index contributed by atoms with van der Waals surface area (Å²) in [4.78, 5) is 4.45. The maximum absolute atomic E-state index is 9.64. The minimum absolute atomic E-state index is 0.186. The fourth-order valence-electron chi connectivity index (χ4n) is 2.22. The van der Waals surface area contributed by atoms with Gasteiger partial charge in [-0.15, -0.1) is 6.58 Å². The van der Waals surface area contributed by atoms with Gasteiger partial charge in [-0.1, -0.05) is 6.08 Å². The van der Waals surface area contributed by atoms with E-state index in [0.29, 0.717) is 11.3 Å². The first-order valence-corrected chi connectivity index (χ1v) is 8.06. The van der Waals surface area contributed by atoms with Gasteiger partial charge in [0, 0.05) is 18.0 Å². The number of allylic oxidation sites excluding steroid dienone is 1. The number of aliphatic hydroxyl groups is 1. The van der Waals surface area contributed by atoms with E-state index < -0.39 is 0 Å². The van der Waals surface area contributed by atoms with Gasteiger partial charge in [0.15, 0.2) is 0 Å². The number of nitrogens with zero attached hydrogens (tertiary/aromatic N) is 3. The van der Waals surface area contributed by atoms with E-state index in [9.17, 15) is 5.11 Å². The molecule has 2 N–H and O–H groups in total. The molecule has 1 rings (SSSR count). The summed E-state index contributed by atoms with van der Waals surface area (Å²) in [7, 11) is 0. The molecule has 0 saturated heterocycles. The molecule has 0 bridgehead atoms. The van der Waals surface area contributed by atoms with E-state index in [1.807, 2.05) is 18.9 Å². The minimum Gasteiger partial charge on any atom is -0.393 e. The van der Waals surface area contributed by atoms with Crippen molar-refractivity contribution in [3.63, 3.8) is 0 Å². The van der Waals surface area contributed by atoms with E-state index in [1.165, 1.54) is 6.21 Å². The third-order valence-corrected chi connectivity index (χ3v) is 4.24. The number of nitrogens with one attached hydrogen (secondary N) is 1.